The molecule has 1 aliphatic heterocycles. The molecule has 0 saturated carbocycles. The maximum Gasteiger partial charge on any atom is 0.359 e. The van der Waals surface area contributed by atoms with Gasteiger partial charge in [0.05, 0.1) is 12.6 Å². The molecule has 15 heavy (non-hydrogen) atoms. The third kappa shape index (κ3) is 2.10. The number of halogens is 1. The molecule has 82 valence electrons. The van der Waals surface area contributed by atoms with Gasteiger partial charge in [-0.25, -0.2) is 9.48 Å². The van der Waals surface area contributed by atoms with Gasteiger partial charge in [-0.05, 0) is 12.8 Å². The molecule has 1 aliphatic rings. The van der Waals surface area contributed by atoms with E-state index in [-0.39, 0.29) is 17.0 Å². The lowest BCUT2D eigenvalue weighted by molar-refractivity contribution is 0.0690. The van der Waals surface area contributed by atoms with Crippen LogP contribution in [0.3, 0.4) is 0 Å². The summed E-state index contributed by atoms with van der Waals surface area (Å²) in [5, 5.41) is 15.9. The first-order valence-electron chi connectivity index (χ1n) is 4.62. The molecule has 2 heterocycles. The van der Waals surface area contributed by atoms with Crippen molar-refractivity contribution in [1.29, 1.82) is 0 Å². The minimum atomic E-state index is -1.17. The van der Waals surface area contributed by atoms with Crippen molar-refractivity contribution in [3.05, 3.63) is 10.8 Å². The van der Waals surface area contributed by atoms with Crippen LogP contribution in [0.1, 0.15) is 23.3 Å². The minimum absolute atomic E-state index is 0.0537. The van der Waals surface area contributed by atoms with Crippen LogP contribution >= 0.6 is 11.6 Å². The van der Waals surface area contributed by atoms with E-state index in [4.69, 9.17) is 21.4 Å². The number of aromatic carboxylic acids is 1. The summed E-state index contributed by atoms with van der Waals surface area (Å²) in [5.41, 5.74) is -0.213. The second-order valence-corrected chi connectivity index (χ2v) is 3.71. The number of rotatable bonds is 3. The summed E-state index contributed by atoms with van der Waals surface area (Å²) < 4.78 is 6.75. The molecule has 0 aromatic carbocycles. The van der Waals surface area contributed by atoms with Crippen molar-refractivity contribution in [2.45, 2.75) is 25.5 Å². The number of carboxylic acid groups (broad SMARTS) is 1. The predicted molar refractivity (Wildman–Crippen MR) is 51.0 cm³/mol. The lowest BCUT2D eigenvalue weighted by Crippen LogP contribution is -2.16. The molecule has 6 nitrogen and oxygen atoms in total. The van der Waals surface area contributed by atoms with Crippen LogP contribution < -0.4 is 0 Å². The molecule has 7 heteroatoms. The molecule has 0 bridgehead atoms. The van der Waals surface area contributed by atoms with Gasteiger partial charge in [-0.2, -0.15) is 0 Å². The predicted octanol–water partition coefficient (Wildman–Crippen LogP) is 0.809. The number of nitrogens with zero attached hydrogens (tertiary/aromatic N) is 3. The smallest absolute Gasteiger partial charge is 0.359 e. The van der Waals surface area contributed by atoms with Gasteiger partial charge in [0, 0.05) is 6.61 Å². The van der Waals surface area contributed by atoms with Crippen LogP contribution in [0.25, 0.3) is 0 Å². The Kier molecular flexibility index (Phi) is 2.88. The number of aromatic nitrogens is 3. The van der Waals surface area contributed by atoms with E-state index in [0.29, 0.717) is 6.54 Å². The van der Waals surface area contributed by atoms with Crippen molar-refractivity contribution >= 4 is 17.6 Å². The average molecular weight is 232 g/mol. The van der Waals surface area contributed by atoms with Crippen LogP contribution in [0.5, 0.6) is 0 Å². The number of carbonyl (C=O) groups is 1. The Bertz CT molecular complexity index is 373. The summed E-state index contributed by atoms with van der Waals surface area (Å²) in [6.07, 6.45) is 2.02. The fourth-order valence-corrected chi connectivity index (χ4v) is 1.75. The largest absolute Gasteiger partial charge is 0.476 e. The highest BCUT2D eigenvalue weighted by atomic mass is 35.5. The van der Waals surface area contributed by atoms with E-state index in [1.165, 1.54) is 4.68 Å². The minimum Gasteiger partial charge on any atom is -0.476 e. The van der Waals surface area contributed by atoms with Gasteiger partial charge in [0.1, 0.15) is 0 Å². The van der Waals surface area contributed by atoms with Crippen molar-refractivity contribution in [3.8, 4) is 0 Å². The third-order valence-corrected chi connectivity index (χ3v) is 2.65. The van der Waals surface area contributed by atoms with Crippen molar-refractivity contribution < 1.29 is 14.6 Å². The van der Waals surface area contributed by atoms with Crippen LogP contribution in [0.4, 0.5) is 0 Å². The van der Waals surface area contributed by atoms with E-state index in [0.717, 1.165) is 19.4 Å². The first-order valence-corrected chi connectivity index (χ1v) is 5.00. The molecule has 1 saturated heterocycles. The fourth-order valence-electron chi connectivity index (χ4n) is 1.53. The standard InChI is InChI=1S/C8H10ClN3O3/c9-7-6(8(13)14)10-11-12(7)4-5-2-1-3-15-5/h5H,1-4H2,(H,13,14)/t5-/m0/s1. The van der Waals surface area contributed by atoms with Gasteiger partial charge in [-0.3, -0.25) is 0 Å². The van der Waals surface area contributed by atoms with Gasteiger partial charge in [0.2, 0.25) is 5.69 Å². The topological polar surface area (TPSA) is 77.2 Å². The maximum atomic E-state index is 10.6. The summed E-state index contributed by atoms with van der Waals surface area (Å²) >= 11 is 5.80. The zero-order valence-electron chi connectivity index (χ0n) is 7.89. The van der Waals surface area contributed by atoms with Gasteiger partial charge >= 0.3 is 5.97 Å². The summed E-state index contributed by atoms with van der Waals surface area (Å²) in [6, 6.07) is 0. The van der Waals surface area contributed by atoms with E-state index in [1.54, 1.807) is 0 Å². The molecule has 0 aliphatic carbocycles. The van der Waals surface area contributed by atoms with Gasteiger partial charge < -0.3 is 9.84 Å². The summed E-state index contributed by atoms with van der Waals surface area (Å²) in [6.45, 7) is 1.20. The lowest BCUT2D eigenvalue weighted by Gasteiger charge is -2.08. The molecule has 1 atom stereocenters. The highest BCUT2D eigenvalue weighted by Crippen LogP contribution is 2.18. The van der Waals surface area contributed by atoms with Gasteiger partial charge in [-0.1, -0.05) is 16.8 Å². The number of hydrogen-bond acceptors (Lipinski definition) is 4. The van der Waals surface area contributed by atoms with Crippen LogP contribution in [-0.4, -0.2) is 38.8 Å². The highest BCUT2D eigenvalue weighted by molar-refractivity contribution is 6.32. The molecule has 0 radical (unpaired) electrons. The first-order chi connectivity index (χ1) is 7.18. The zero-order chi connectivity index (χ0) is 10.8. The average Bonchev–Trinajstić information content (AvgIpc) is 2.78. The Morgan fingerprint density at radius 3 is 3.07 bits per heavy atom. The monoisotopic (exact) mass is 231 g/mol. The molecule has 0 spiro atoms. The molecule has 1 aromatic heterocycles. The van der Waals surface area contributed by atoms with Crippen molar-refractivity contribution in [2.75, 3.05) is 6.61 Å². The highest BCUT2D eigenvalue weighted by Gasteiger charge is 2.21. The summed E-state index contributed by atoms with van der Waals surface area (Å²) in [7, 11) is 0. The molecular weight excluding hydrogens is 222 g/mol. The van der Waals surface area contributed by atoms with Crippen molar-refractivity contribution in [1.82, 2.24) is 15.0 Å². The zero-order valence-corrected chi connectivity index (χ0v) is 8.65. The van der Waals surface area contributed by atoms with Crippen LogP contribution in [0.2, 0.25) is 5.15 Å². The summed E-state index contributed by atoms with van der Waals surface area (Å²) in [4.78, 5) is 10.6. The molecule has 1 N–H and O–H groups in total. The van der Waals surface area contributed by atoms with E-state index in [2.05, 4.69) is 10.3 Å². The van der Waals surface area contributed by atoms with Gasteiger partial charge in [0.15, 0.2) is 5.15 Å². The number of hydrogen-bond donors (Lipinski definition) is 1. The van der Waals surface area contributed by atoms with Crippen LogP contribution in [0, 0.1) is 0 Å². The Labute approximate surface area is 90.8 Å². The maximum absolute atomic E-state index is 10.6. The SMILES string of the molecule is O=C(O)c1nnn(C[C@@H]2CCCO2)c1Cl. The first kappa shape index (κ1) is 10.4. The molecule has 2 rings (SSSR count). The molecule has 1 fully saturated rings. The van der Waals surface area contributed by atoms with E-state index in [9.17, 15) is 4.79 Å². The molecular formula is C8H10ClN3O3. The second-order valence-electron chi connectivity index (χ2n) is 3.35. The normalized spacial score (nSPS) is 20.7. The Hall–Kier alpha value is -1.14. The van der Waals surface area contributed by atoms with Crippen molar-refractivity contribution in [2.24, 2.45) is 0 Å². The second kappa shape index (κ2) is 4.16. The molecule has 0 unspecified atom stereocenters. The number of ether oxygens (including phenoxy) is 1. The Morgan fingerprint density at radius 1 is 1.73 bits per heavy atom. The van der Waals surface area contributed by atoms with Crippen molar-refractivity contribution in [3.63, 3.8) is 0 Å². The van der Waals surface area contributed by atoms with E-state index in [1.807, 2.05) is 0 Å². The quantitative estimate of drug-likeness (QED) is 0.833. The lowest BCUT2D eigenvalue weighted by atomic mass is 10.2. The number of carboxylic acids is 1. The van der Waals surface area contributed by atoms with Crippen LogP contribution in [0.15, 0.2) is 0 Å². The Balaban J connectivity index is 2.11. The Morgan fingerprint density at radius 2 is 2.53 bits per heavy atom. The fraction of sp³-hybridized carbons (Fsp3) is 0.625. The molecule has 0 amide bonds. The van der Waals surface area contributed by atoms with E-state index < -0.39 is 5.97 Å². The summed E-state index contributed by atoms with van der Waals surface area (Å²) in [5.74, 6) is -1.17. The van der Waals surface area contributed by atoms with E-state index >= 15 is 0 Å². The van der Waals surface area contributed by atoms with Gasteiger partial charge in [-0.15, -0.1) is 5.10 Å². The van der Waals surface area contributed by atoms with Gasteiger partial charge in [0.25, 0.3) is 0 Å². The molecule has 1 aromatic rings. The van der Waals surface area contributed by atoms with Crippen LogP contribution in [-0.2, 0) is 11.3 Å². The third-order valence-electron chi connectivity index (χ3n) is 2.28.